The van der Waals surface area contributed by atoms with E-state index in [0.717, 1.165) is 12.8 Å². The molecule has 0 aromatic carbocycles. The van der Waals surface area contributed by atoms with Crippen LogP contribution in [0.15, 0.2) is 12.2 Å². The molecule has 1 unspecified atom stereocenters. The molecule has 0 aromatic heterocycles. The van der Waals surface area contributed by atoms with Gasteiger partial charge in [-0.2, -0.15) is 0 Å². The van der Waals surface area contributed by atoms with Gasteiger partial charge in [-0.15, -0.1) is 0 Å². The highest BCUT2D eigenvalue weighted by molar-refractivity contribution is 4.87. The molecule has 9 heavy (non-hydrogen) atoms. The van der Waals surface area contributed by atoms with Crippen LogP contribution in [0.3, 0.4) is 0 Å². The van der Waals surface area contributed by atoms with Gasteiger partial charge in [-0.25, -0.2) is 0 Å². The smallest absolute Gasteiger partial charge is 0.0721 e. The van der Waals surface area contributed by atoms with E-state index in [4.69, 9.17) is 10.2 Å². The highest BCUT2D eigenvalue weighted by atomic mass is 16.3. The number of aliphatic hydroxyl groups excluding tert-OH is 2. The Morgan fingerprint density at radius 1 is 1.56 bits per heavy atom. The summed E-state index contributed by atoms with van der Waals surface area (Å²) in [7, 11) is 0. The minimum absolute atomic E-state index is 0.0147. The normalized spacial score (nSPS) is 14.6. The molecule has 0 saturated carbocycles. The summed E-state index contributed by atoms with van der Waals surface area (Å²) >= 11 is 0. The monoisotopic (exact) mass is 130 g/mol. The average molecular weight is 130 g/mol. The standard InChI is InChI=1S/C7H14O2/c1-2-4-7(9)5-3-6-8/h3,5,7-9H,2,4,6H2,1H3. The zero-order valence-corrected chi connectivity index (χ0v) is 5.75. The fourth-order valence-electron chi connectivity index (χ4n) is 0.610. The zero-order valence-electron chi connectivity index (χ0n) is 5.75. The van der Waals surface area contributed by atoms with Crippen molar-refractivity contribution in [3.63, 3.8) is 0 Å². The first-order chi connectivity index (χ1) is 4.31. The third kappa shape index (κ3) is 5.53. The van der Waals surface area contributed by atoms with Gasteiger partial charge < -0.3 is 10.2 Å². The van der Waals surface area contributed by atoms with Crippen LogP contribution in [0.5, 0.6) is 0 Å². The summed E-state index contributed by atoms with van der Waals surface area (Å²) in [6, 6.07) is 0. The Kier molecular flexibility index (Phi) is 5.57. The predicted molar refractivity (Wildman–Crippen MR) is 37.1 cm³/mol. The van der Waals surface area contributed by atoms with E-state index in [1.54, 1.807) is 12.2 Å². The number of hydrogen-bond acceptors (Lipinski definition) is 2. The number of hydrogen-bond donors (Lipinski definition) is 2. The first kappa shape index (κ1) is 8.66. The predicted octanol–water partition coefficient (Wildman–Crippen LogP) is 0.696. The molecule has 0 spiro atoms. The minimum atomic E-state index is -0.373. The van der Waals surface area contributed by atoms with Gasteiger partial charge in [0.2, 0.25) is 0 Å². The second-order valence-corrected chi connectivity index (χ2v) is 1.97. The van der Waals surface area contributed by atoms with Crippen LogP contribution in [0.1, 0.15) is 19.8 Å². The topological polar surface area (TPSA) is 40.5 Å². The molecular weight excluding hydrogens is 116 g/mol. The lowest BCUT2D eigenvalue weighted by atomic mass is 10.2. The highest BCUT2D eigenvalue weighted by Gasteiger charge is 1.93. The zero-order chi connectivity index (χ0) is 7.11. The van der Waals surface area contributed by atoms with Crippen molar-refractivity contribution in [3.8, 4) is 0 Å². The Morgan fingerprint density at radius 3 is 2.67 bits per heavy atom. The fourth-order valence-corrected chi connectivity index (χ4v) is 0.610. The van der Waals surface area contributed by atoms with E-state index >= 15 is 0 Å². The quantitative estimate of drug-likeness (QED) is 0.550. The summed E-state index contributed by atoms with van der Waals surface area (Å²) < 4.78 is 0. The summed E-state index contributed by atoms with van der Waals surface area (Å²) in [4.78, 5) is 0. The van der Waals surface area contributed by atoms with Crippen molar-refractivity contribution in [2.24, 2.45) is 0 Å². The Bertz CT molecular complexity index is 79.0. The first-order valence-corrected chi connectivity index (χ1v) is 3.26. The maximum absolute atomic E-state index is 8.98. The van der Waals surface area contributed by atoms with Gasteiger partial charge in [-0.05, 0) is 6.42 Å². The summed E-state index contributed by atoms with van der Waals surface area (Å²) in [5.74, 6) is 0. The van der Waals surface area contributed by atoms with E-state index in [-0.39, 0.29) is 12.7 Å². The number of aliphatic hydroxyl groups is 2. The second-order valence-electron chi connectivity index (χ2n) is 1.97. The van der Waals surface area contributed by atoms with Gasteiger partial charge >= 0.3 is 0 Å². The molecule has 0 aliphatic carbocycles. The molecule has 0 heterocycles. The minimum Gasteiger partial charge on any atom is -0.392 e. The van der Waals surface area contributed by atoms with Crippen molar-refractivity contribution in [1.29, 1.82) is 0 Å². The van der Waals surface area contributed by atoms with Crippen LogP contribution in [0, 0.1) is 0 Å². The molecule has 2 N–H and O–H groups in total. The third-order valence-corrected chi connectivity index (χ3v) is 1.05. The van der Waals surface area contributed by atoms with Crippen LogP contribution in [0.4, 0.5) is 0 Å². The van der Waals surface area contributed by atoms with Crippen LogP contribution in [-0.2, 0) is 0 Å². The maximum atomic E-state index is 8.98. The molecule has 0 aromatic rings. The molecule has 2 nitrogen and oxygen atoms in total. The molecule has 0 amide bonds. The van der Waals surface area contributed by atoms with E-state index in [1.807, 2.05) is 6.92 Å². The fraction of sp³-hybridized carbons (Fsp3) is 0.714. The van der Waals surface area contributed by atoms with Crippen molar-refractivity contribution in [1.82, 2.24) is 0 Å². The van der Waals surface area contributed by atoms with Gasteiger partial charge in [-0.3, -0.25) is 0 Å². The van der Waals surface area contributed by atoms with E-state index in [9.17, 15) is 0 Å². The van der Waals surface area contributed by atoms with Crippen LogP contribution >= 0.6 is 0 Å². The molecule has 0 aliphatic rings. The van der Waals surface area contributed by atoms with Gasteiger partial charge in [0.25, 0.3) is 0 Å². The van der Waals surface area contributed by atoms with Crippen LogP contribution in [-0.4, -0.2) is 22.9 Å². The molecular formula is C7H14O2. The highest BCUT2D eigenvalue weighted by Crippen LogP contribution is 1.96. The van der Waals surface area contributed by atoms with Crippen molar-refractivity contribution in [3.05, 3.63) is 12.2 Å². The molecule has 2 heteroatoms. The van der Waals surface area contributed by atoms with Crippen LogP contribution < -0.4 is 0 Å². The van der Waals surface area contributed by atoms with E-state index in [0.29, 0.717) is 0 Å². The van der Waals surface area contributed by atoms with E-state index in [2.05, 4.69) is 0 Å². The summed E-state index contributed by atoms with van der Waals surface area (Å²) in [5, 5.41) is 17.3. The molecule has 0 saturated heterocycles. The second kappa shape index (κ2) is 5.79. The lowest BCUT2D eigenvalue weighted by Crippen LogP contribution is -2.00. The van der Waals surface area contributed by atoms with Gasteiger partial charge in [-0.1, -0.05) is 25.5 Å². The number of rotatable bonds is 4. The Labute approximate surface area is 55.8 Å². The average Bonchev–Trinajstić information content (AvgIpc) is 1.85. The van der Waals surface area contributed by atoms with E-state index < -0.39 is 0 Å². The Balaban J connectivity index is 3.25. The largest absolute Gasteiger partial charge is 0.392 e. The maximum Gasteiger partial charge on any atom is 0.0721 e. The molecule has 54 valence electrons. The lowest BCUT2D eigenvalue weighted by molar-refractivity contribution is 0.210. The Hall–Kier alpha value is -0.340. The first-order valence-electron chi connectivity index (χ1n) is 3.26. The summed E-state index contributed by atoms with van der Waals surface area (Å²) in [6.07, 6.45) is 4.54. The van der Waals surface area contributed by atoms with Crippen molar-refractivity contribution in [2.45, 2.75) is 25.9 Å². The summed E-state index contributed by atoms with van der Waals surface area (Å²) in [5.41, 5.74) is 0. The lowest BCUT2D eigenvalue weighted by Gasteiger charge is -1.99. The van der Waals surface area contributed by atoms with Crippen LogP contribution in [0.25, 0.3) is 0 Å². The molecule has 1 atom stereocenters. The van der Waals surface area contributed by atoms with E-state index in [1.165, 1.54) is 0 Å². The molecule has 0 bridgehead atoms. The Morgan fingerprint density at radius 2 is 2.22 bits per heavy atom. The van der Waals surface area contributed by atoms with Gasteiger partial charge in [0.15, 0.2) is 0 Å². The van der Waals surface area contributed by atoms with Crippen molar-refractivity contribution in [2.75, 3.05) is 6.61 Å². The van der Waals surface area contributed by atoms with Crippen LogP contribution in [0.2, 0.25) is 0 Å². The third-order valence-electron chi connectivity index (χ3n) is 1.05. The molecule has 0 aliphatic heterocycles. The van der Waals surface area contributed by atoms with Gasteiger partial charge in [0.05, 0.1) is 12.7 Å². The summed E-state index contributed by atoms with van der Waals surface area (Å²) in [6.45, 7) is 2.02. The van der Waals surface area contributed by atoms with Crippen molar-refractivity contribution < 1.29 is 10.2 Å². The van der Waals surface area contributed by atoms with Gasteiger partial charge in [0, 0.05) is 0 Å². The molecule has 0 rings (SSSR count). The van der Waals surface area contributed by atoms with Gasteiger partial charge in [0.1, 0.15) is 0 Å². The molecule has 0 fully saturated rings. The molecule has 0 radical (unpaired) electrons. The SMILES string of the molecule is CCCC(O)C=CCO. The van der Waals surface area contributed by atoms with Crippen molar-refractivity contribution >= 4 is 0 Å².